The molecule has 4 heterocycles. The molecule has 7 N–H and O–H groups in total. The number of alkyl carbamates (subject to hydrolysis) is 1. The first kappa shape index (κ1) is 34.2. The second-order valence-electron chi connectivity index (χ2n) is 12.0. The van der Waals surface area contributed by atoms with Gasteiger partial charge < -0.3 is 54.7 Å². The van der Waals surface area contributed by atoms with Crippen LogP contribution in [0.2, 0.25) is 0 Å². The number of hydrogen-bond donors (Lipinski definition) is 7. The Kier molecular flexibility index (Phi) is 10.2. The summed E-state index contributed by atoms with van der Waals surface area (Å²) in [5.41, 5.74) is -2.81. The number of carboxylic acid groups (broad SMARTS) is 1. The predicted molar refractivity (Wildman–Crippen MR) is 148 cm³/mol. The Balaban J connectivity index is 1.62. The zero-order chi connectivity index (χ0) is 33.4. The third-order valence-electron chi connectivity index (χ3n) is 7.62. The van der Waals surface area contributed by atoms with Gasteiger partial charge in [0.25, 0.3) is 5.56 Å². The quantitative estimate of drug-likeness (QED) is 0.153. The van der Waals surface area contributed by atoms with Gasteiger partial charge in [-0.1, -0.05) is 6.08 Å². The smallest absolute Gasteiger partial charge is 0.407 e. The molecule has 3 aliphatic heterocycles. The maximum absolute atomic E-state index is 13.6. The Morgan fingerprint density at radius 3 is 2.40 bits per heavy atom. The van der Waals surface area contributed by atoms with E-state index in [0.29, 0.717) is 0 Å². The van der Waals surface area contributed by atoms with Gasteiger partial charge in [-0.3, -0.25) is 19.1 Å². The van der Waals surface area contributed by atoms with Gasteiger partial charge in [0.15, 0.2) is 12.5 Å². The molecule has 0 saturated carbocycles. The molecule has 250 valence electrons. The van der Waals surface area contributed by atoms with Crippen molar-refractivity contribution in [3.05, 3.63) is 44.9 Å². The van der Waals surface area contributed by atoms with Crippen molar-refractivity contribution in [1.29, 1.82) is 0 Å². The minimum Gasteiger partial charge on any atom is -0.477 e. The van der Waals surface area contributed by atoms with Crippen molar-refractivity contribution in [2.45, 2.75) is 94.5 Å². The number of nitrogens with zero attached hydrogens (tertiary/aromatic N) is 2. The van der Waals surface area contributed by atoms with Crippen LogP contribution in [-0.4, -0.2) is 126 Å². The number of hydrogen-bond acceptors (Lipinski definition) is 13. The summed E-state index contributed by atoms with van der Waals surface area (Å²) in [4.78, 5) is 64.4. The minimum absolute atomic E-state index is 0.0361. The molecular weight excluding hydrogens is 604 g/mol. The summed E-state index contributed by atoms with van der Waals surface area (Å²) >= 11 is 0. The summed E-state index contributed by atoms with van der Waals surface area (Å²) in [6.45, 7) is 4.64. The SMILES string of the molecule is CN1C(=O)[C@H]([C@H](OC2OC(CNC(=O)OC(C)(C)C)C(O)C2O)C2OC(n3ccc(=O)[nH]c3=O)C(O)C2O)CCC=C1C(=O)O. The molecule has 45 heavy (non-hydrogen) atoms. The second kappa shape index (κ2) is 13.4. The number of aliphatic carboxylic acids is 1. The lowest BCUT2D eigenvalue weighted by Crippen LogP contribution is -2.51. The Bertz CT molecular complexity index is 1420. The highest BCUT2D eigenvalue weighted by Gasteiger charge is 2.54. The number of ether oxygens (including phenoxy) is 4. The zero-order valence-electron chi connectivity index (χ0n) is 24.9. The van der Waals surface area contributed by atoms with Crippen molar-refractivity contribution in [2.75, 3.05) is 13.6 Å². The number of aliphatic hydroxyl groups excluding tert-OH is 4. The van der Waals surface area contributed by atoms with Crippen molar-refractivity contribution in [1.82, 2.24) is 19.8 Å². The highest BCUT2D eigenvalue weighted by Crippen LogP contribution is 2.38. The number of aromatic amines is 1. The Labute approximate surface area is 255 Å². The van der Waals surface area contributed by atoms with E-state index in [-0.39, 0.29) is 25.1 Å². The first-order valence-corrected chi connectivity index (χ1v) is 14.2. The van der Waals surface area contributed by atoms with E-state index in [1.807, 2.05) is 4.98 Å². The third-order valence-corrected chi connectivity index (χ3v) is 7.62. The summed E-state index contributed by atoms with van der Waals surface area (Å²) in [6, 6.07) is 0.990. The fraction of sp³-hybridized carbons (Fsp3) is 0.667. The molecule has 8 unspecified atom stereocenters. The van der Waals surface area contributed by atoms with Crippen LogP contribution in [-0.2, 0) is 28.5 Å². The van der Waals surface area contributed by atoms with E-state index in [0.717, 1.165) is 21.7 Å². The number of nitrogens with one attached hydrogen (secondary N) is 2. The van der Waals surface area contributed by atoms with Gasteiger partial charge in [-0.2, -0.15) is 0 Å². The van der Waals surface area contributed by atoms with Crippen LogP contribution < -0.4 is 16.6 Å². The second-order valence-corrected chi connectivity index (χ2v) is 12.0. The predicted octanol–water partition coefficient (Wildman–Crippen LogP) is -2.65. The van der Waals surface area contributed by atoms with Gasteiger partial charge in [-0.25, -0.2) is 14.4 Å². The Hall–Kier alpha value is -3.65. The van der Waals surface area contributed by atoms with Crippen molar-refractivity contribution in [3.8, 4) is 0 Å². The monoisotopic (exact) mass is 642 g/mol. The molecule has 10 atom stereocenters. The number of carbonyl (C=O) groups is 3. The summed E-state index contributed by atoms with van der Waals surface area (Å²) in [6.07, 6.45) is -12.9. The van der Waals surface area contributed by atoms with Gasteiger partial charge >= 0.3 is 17.8 Å². The molecule has 3 aliphatic rings. The number of H-pyrrole nitrogens is 1. The maximum atomic E-state index is 13.6. The van der Waals surface area contributed by atoms with Crippen LogP contribution in [0.1, 0.15) is 39.8 Å². The van der Waals surface area contributed by atoms with Gasteiger partial charge in [-0.15, -0.1) is 0 Å². The first-order chi connectivity index (χ1) is 21.0. The van der Waals surface area contributed by atoms with Crippen LogP contribution >= 0.6 is 0 Å². The van der Waals surface area contributed by atoms with Crippen molar-refractivity contribution >= 4 is 18.0 Å². The molecule has 0 radical (unpaired) electrons. The van der Waals surface area contributed by atoms with Crippen LogP contribution in [0.5, 0.6) is 0 Å². The van der Waals surface area contributed by atoms with Crippen molar-refractivity contribution in [2.24, 2.45) is 5.92 Å². The lowest BCUT2D eigenvalue weighted by atomic mass is 9.89. The Morgan fingerprint density at radius 2 is 1.78 bits per heavy atom. The third kappa shape index (κ3) is 7.43. The van der Waals surface area contributed by atoms with Crippen LogP contribution in [0.25, 0.3) is 0 Å². The van der Waals surface area contributed by atoms with E-state index in [1.54, 1.807) is 20.8 Å². The number of carbonyl (C=O) groups excluding carboxylic acids is 2. The van der Waals surface area contributed by atoms with Crippen LogP contribution in [0.4, 0.5) is 4.79 Å². The number of allylic oxidation sites excluding steroid dienone is 1. The molecule has 2 amide bonds. The lowest BCUT2D eigenvalue weighted by Gasteiger charge is -2.35. The van der Waals surface area contributed by atoms with E-state index in [2.05, 4.69) is 5.32 Å². The molecule has 0 aliphatic carbocycles. The van der Waals surface area contributed by atoms with Gasteiger partial charge in [-0.05, 0) is 33.6 Å². The summed E-state index contributed by atoms with van der Waals surface area (Å²) < 4.78 is 23.6. The molecule has 1 aromatic rings. The van der Waals surface area contributed by atoms with E-state index in [9.17, 15) is 49.5 Å². The number of rotatable bonds is 8. The highest BCUT2D eigenvalue weighted by atomic mass is 16.7. The van der Waals surface area contributed by atoms with E-state index < -0.39 is 96.0 Å². The average Bonchev–Trinajstić information content (AvgIpc) is 3.32. The van der Waals surface area contributed by atoms with E-state index in [4.69, 9.17) is 18.9 Å². The fourth-order valence-corrected chi connectivity index (χ4v) is 5.43. The van der Waals surface area contributed by atoms with Crippen molar-refractivity contribution in [3.63, 3.8) is 0 Å². The normalized spacial score (nSPS) is 33.0. The number of likely N-dealkylation sites (N-methyl/N-ethyl adjacent to an activating group) is 1. The number of aliphatic hydroxyl groups is 4. The fourth-order valence-electron chi connectivity index (χ4n) is 5.43. The molecule has 1 aromatic heterocycles. The summed E-state index contributed by atoms with van der Waals surface area (Å²) in [5, 5.41) is 55.4. The number of carboxylic acids is 1. The lowest BCUT2D eigenvalue weighted by molar-refractivity contribution is -0.233. The highest BCUT2D eigenvalue weighted by molar-refractivity contribution is 5.93. The largest absolute Gasteiger partial charge is 0.477 e. The van der Waals surface area contributed by atoms with E-state index in [1.165, 1.54) is 13.1 Å². The molecular formula is C27H38N4O14. The summed E-state index contributed by atoms with van der Waals surface area (Å²) in [7, 11) is 1.23. The first-order valence-electron chi connectivity index (χ1n) is 14.2. The molecule has 0 bridgehead atoms. The standard InChI is InChI=1S/C27H38N4O14/c1-27(2,3)45-26(41)28-10-13-15(33)18(36)24(42-13)44-19(11-6-5-7-12(23(38)39)30(4)21(11)37)20-16(34)17(35)22(43-20)31-9-8-14(32)29-25(31)40/h7-9,11,13,15-20,22,24,33-36H,5-6,10H2,1-4H3,(H,28,41)(H,38,39)(H,29,32,40)/t11-,13?,15?,16?,17?,18?,19-,20?,22?,24?/m0/s1. The van der Waals surface area contributed by atoms with Gasteiger partial charge in [0.05, 0.1) is 5.92 Å². The molecule has 2 fully saturated rings. The molecule has 0 aromatic carbocycles. The molecule has 18 nitrogen and oxygen atoms in total. The minimum atomic E-state index is -1.81. The molecule has 4 rings (SSSR count). The molecule has 0 spiro atoms. The Morgan fingerprint density at radius 1 is 1.09 bits per heavy atom. The maximum Gasteiger partial charge on any atom is 0.407 e. The summed E-state index contributed by atoms with van der Waals surface area (Å²) in [5.74, 6) is -3.39. The number of aromatic nitrogens is 2. The van der Waals surface area contributed by atoms with E-state index >= 15 is 0 Å². The van der Waals surface area contributed by atoms with Crippen LogP contribution in [0.3, 0.4) is 0 Å². The average molecular weight is 643 g/mol. The van der Waals surface area contributed by atoms with Gasteiger partial charge in [0.1, 0.15) is 54.0 Å². The topological polar surface area (TPSA) is 259 Å². The molecule has 2 saturated heterocycles. The van der Waals surface area contributed by atoms with Crippen LogP contribution in [0, 0.1) is 5.92 Å². The van der Waals surface area contributed by atoms with Gasteiger partial charge in [0.2, 0.25) is 5.91 Å². The number of amides is 2. The van der Waals surface area contributed by atoms with Crippen molar-refractivity contribution < 1.29 is 58.9 Å². The van der Waals surface area contributed by atoms with Crippen LogP contribution in [0.15, 0.2) is 33.6 Å². The molecule has 18 heteroatoms. The van der Waals surface area contributed by atoms with Gasteiger partial charge in [0, 0.05) is 25.9 Å². The zero-order valence-corrected chi connectivity index (χ0v) is 24.9.